The van der Waals surface area contributed by atoms with Crippen LogP contribution in [-0.2, 0) is 16.0 Å². The fourth-order valence-corrected chi connectivity index (χ4v) is 3.50. The Labute approximate surface area is 198 Å². The Kier molecular flexibility index (Phi) is 9.52. The summed E-state index contributed by atoms with van der Waals surface area (Å²) in [6.45, 7) is 6.12. The molecule has 0 aliphatic carbocycles. The van der Waals surface area contributed by atoms with Crippen LogP contribution >= 0.6 is 0 Å². The lowest BCUT2D eigenvalue weighted by Gasteiger charge is -2.25. The molecule has 3 rings (SSSR count). The van der Waals surface area contributed by atoms with Gasteiger partial charge in [0.1, 0.15) is 5.82 Å². The maximum atomic E-state index is 14.4. The van der Waals surface area contributed by atoms with E-state index >= 15 is 0 Å². The van der Waals surface area contributed by atoms with E-state index in [1.54, 1.807) is 31.4 Å². The number of hydrogen-bond donors (Lipinski definition) is 1. The van der Waals surface area contributed by atoms with Crippen LogP contribution in [0.15, 0.2) is 48.5 Å². The van der Waals surface area contributed by atoms with E-state index in [1.165, 1.54) is 28.9 Å². The average Bonchev–Trinajstić information content (AvgIpc) is 3.12. The number of rotatable bonds is 13. The summed E-state index contributed by atoms with van der Waals surface area (Å²) < 4.78 is 46.1. The number of ether oxygens (including phenoxy) is 3. The first kappa shape index (κ1) is 25.8. The molecular weight excluding hydrogens is 444 g/mol. The van der Waals surface area contributed by atoms with Gasteiger partial charge in [0.15, 0.2) is 11.6 Å². The molecule has 0 amide bonds. The molecule has 0 spiro atoms. The first-order valence-electron chi connectivity index (χ1n) is 11.2. The van der Waals surface area contributed by atoms with E-state index in [1.807, 2.05) is 18.7 Å². The van der Waals surface area contributed by atoms with Gasteiger partial charge >= 0.3 is 0 Å². The summed E-state index contributed by atoms with van der Waals surface area (Å²) in [5.41, 5.74) is 1.95. The van der Waals surface area contributed by atoms with E-state index in [-0.39, 0.29) is 18.2 Å². The van der Waals surface area contributed by atoms with Crippen molar-refractivity contribution in [3.63, 3.8) is 0 Å². The van der Waals surface area contributed by atoms with Crippen LogP contribution in [0.1, 0.15) is 18.2 Å². The third-order valence-corrected chi connectivity index (χ3v) is 5.23. The zero-order valence-corrected chi connectivity index (χ0v) is 19.7. The molecule has 3 aromatic rings. The SMILES string of the molecule is CCOC[C@H](O)CN(CCOC)Cc1c(C)nn(-c2ccc(F)cc2)c1Oc1ccccc1F. The molecule has 184 valence electrons. The highest BCUT2D eigenvalue weighted by molar-refractivity contribution is 5.43. The fraction of sp³-hybridized carbons (Fsp3) is 0.400. The fourth-order valence-electron chi connectivity index (χ4n) is 3.50. The highest BCUT2D eigenvalue weighted by Gasteiger charge is 2.23. The Morgan fingerprint density at radius 2 is 1.85 bits per heavy atom. The van der Waals surface area contributed by atoms with E-state index < -0.39 is 11.9 Å². The molecule has 0 radical (unpaired) electrons. The highest BCUT2D eigenvalue weighted by atomic mass is 19.1. The Balaban J connectivity index is 1.98. The normalized spacial score (nSPS) is 12.3. The van der Waals surface area contributed by atoms with Crippen LogP contribution in [0.3, 0.4) is 0 Å². The van der Waals surface area contributed by atoms with E-state index in [0.717, 1.165) is 0 Å². The molecule has 1 N–H and O–H groups in total. The van der Waals surface area contributed by atoms with Crippen LogP contribution in [0.4, 0.5) is 8.78 Å². The Hall–Kier alpha value is -2.85. The number of nitrogens with zero attached hydrogens (tertiary/aromatic N) is 3. The molecule has 0 aliphatic rings. The second-order valence-corrected chi connectivity index (χ2v) is 7.83. The number of halogens is 2. The molecule has 0 saturated carbocycles. The number of methoxy groups -OCH3 is 1. The lowest BCUT2D eigenvalue weighted by Crippen LogP contribution is -2.36. The average molecular weight is 476 g/mol. The van der Waals surface area contributed by atoms with Crippen LogP contribution in [0.2, 0.25) is 0 Å². The third kappa shape index (κ3) is 6.83. The second kappa shape index (κ2) is 12.6. The van der Waals surface area contributed by atoms with Gasteiger partial charge in [-0.15, -0.1) is 0 Å². The number of aliphatic hydroxyl groups excluding tert-OH is 1. The van der Waals surface area contributed by atoms with Gasteiger partial charge < -0.3 is 19.3 Å². The maximum absolute atomic E-state index is 14.4. The van der Waals surface area contributed by atoms with E-state index in [4.69, 9.17) is 14.2 Å². The zero-order valence-electron chi connectivity index (χ0n) is 19.7. The van der Waals surface area contributed by atoms with Crippen molar-refractivity contribution in [2.45, 2.75) is 26.5 Å². The van der Waals surface area contributed by atoms with Crippen molar-refractivity contribution in [2.24, 2.45) is 0 Å². The van der Waals surface area contributed by atoms with Gasteiger partial charge in [0, 0.05) is 33.4 Å². The minimum atomic E-state index is -0.694. The van der Waals surface area contributed by atoms with Crippen molar-refractivity contribution in [2.75, 3.05) is 40.0 Å². The van der Waals surface area contributed by atoms with Crippen molar-refractivity contribution in [3.8, 4) is 17.3 Å². The van der Waals surface area contributed by atoms with E-state index in [0.29, 0.717) is 55.7 Å². The summed E-state index contributed by atoms with van der Waals surface area (Å²) in [6, 6.07) is 11.9. The minimum absolute atomic E-state index is 0.0480. The minimum Gasteiger partial charge on any atom is -0.435 e. The molecule has 0 bridgehead atoms. The maximum Gasteiger partial charge on any atom is 0.227 e. The number of aliphatic hydroxyl groups is 1. The second-order valence-electron chi connectivity index (χ2n) is 7.83. The predicted octanol–water partition coefficient (Wildman–Crippen LogP) is 4.10. The summed E-state index contributed by atoms with van der Waals surface area (Å²) in [4.78, 5) is 2.00. The van der Waals surface area contributed by atoms with Gasteiger partial charge in [-0.25, -0.2) is 13.5 Å². The molecule has 0 unspecified atom stereocenters. The molecule has 0 fully saturated rings. The summed E-state index contributed by atoms with van der Waals surface area (Å²) >= 11 is 0. The molecule has 1 atom stereocenters. The summed E-state index contributed by atoms with van der Waals surface area (Å²) in [5.74, 6) is -0.525. The van der Waals surface area contributed by atoms with Crippen molar-refractivity contribution < 1.29 is 28.1 Å². The predicted molar refractivity (Wildman–Crippen MR) is 124 cm³/mol. The van der Waals surface area contributed by atoms with Gasteiger partial charge in [-0.2, -0.15) is 5.10 Å². The Morgan fingerprint density at radius 1 is 1.12 bits per heavy atom. The molecule has 7 nitrogen and oxygen atoms in total. The van der Waals surface area contributed by atoms with Crippen LogP contribution in [0.5, 0.6) is 11.6 Å². The quantitative estimate of drug-likeness (QED) is 0.402. The van der Waals surface area contributed by atoms with Gasteiger partial charge in [-0.05, 0) is 50.2 Å². The Bertz CT molecular complexity index is 1040. The van der Waals surface area contributed by atoms with Crippen LogP contribution in [0.25, 0.3) is 5.69 Å². The molecule has 0 aliphatic heterocycles. The number of hydrogen-bond acceptors (Lipinski definition) is 6. The van der Waals surface area contributed by atoms with Gasteiger partial charge in [0.05, 0.1) is 36.3 Å². The lowest BCUT2D eigenvalue weighted by molar-refractivity contribution is 0.0147. The summed E-state index contributed by atoms with van der Waals surface area (Å²) in [7, 11) is 1.61. The van der Waals surface area contributed by atoms with Gasteiger partial charge in [-0.1, -0.05) is 12.1 Å². The molecule has 1 aromatic heterocycles. The zero-order chi connectivity index (χ0) is 24.5. The summed E-state index contributed by atoms with van der Waals surface area (Å²) in [5, 5.41) is 15.0. The third-order valence-electron chi connectivity index (χ3n) is 5.23. The van der Waals surface area contributed by atoms with E-state index in [9.17, 15) is 13.9 Å². The molecule has 34 heavy (non-hydrogen) atoms. The number of para-hydroxylation sites is 1. The van der Waals surface area contributed by atoms with Gasteiger partial charge in [-0.3, -0.25) is 4.90 Å². The molecule has 2 aromatic carbocycles. The van der Waals surface area contributed by atoms with Crippen molar-refractivity contribution >= 4 is 0 Å². The number of benzene rings is 2. The molecule has 1 heterocycles. The van der Waals surface area contributed by atoms with Gasteiger partial charge in [0.25, 0.3) is 0 Å². The monoisotopic (exact) mass is 475 g/mol. The lowest BCUT2D eigenvalue weighted by atomic mass is 10.2. The van der Waals surface area contributed by atoms with Crippen LogP contribution in [-0.4, -0.2) is 65.9 Å². The van der Waals surface area contributed by atoms with Crippen LogP contribution in [0, 0.1) is 18.6 Å². The molecular formula is C25H31F2N3O4. The summed E-state index contributed by atoms with van der Waals surface area (Å²) in [6.07, 6.45) is -0.694. The number of aryl methyl sites for hydroxylation is 1. The topological polar surface area (TPSA) is 69.0 Å². The Morgan fingerprint density at radius 3 is 2.53 bits per heavy atom. The van der Waals surface area contributed by atoms with Gasteiger partial charge in [0.2, 0.25) is 5.88 Å². The van der Waals surface area contributed by atoms with Crippen LogP contribution < -0.4 is 4.74 Å². The van der Waals surface area contributed by atoms with Crippen molar-refractivity contribution in [3.05, 3.63) is 71.4 Å². The number of aromatic nitrogens is 2. The first-order valence-corrected chi connectivity index (χ1v) is 11.2. The van der Waals surface area contributed by atoms with Crippen molar-refractivity contribution in [1.29, 1.82) is 0 Å². The smallest absolute Gasteiger partial charge is 0.227 e. The highest BCUT2D eigenvalue weighted by Crippen LogP contribution is 2.32. The standard InChI is InChI=1S/C25H31F2N3O4/c1-4-33-17-21(31)15-29(13-14-32-3)16-22-18(2)28-30(20-11-9-19(26)10-12-20)25(22)34-24-8-6-5-7-23(24)27/h5-12,21,31H,4,13-17H2,1-3H3/t21-/m1/s1. The van der Waals surface area contributed by atoms with Crippen molar-refractivity contribution in [1.82, 2.24) is 14.7 Å². The largest absolute Gasteiger partial charge is 0.435 e. The molecule has 0 saturated heterocycles. The molecule has 9 heteroatoms. The van der Waals surface area contributed by atoms with E-state index in [2.05, 4.69) is 5.10 Å². The first-order chi connectivity index (χ1) is 16.4.